The van der Waals surface area contributed by atoms with E-state index < -0.39 is 0 Å². The highest BCUT2D eigenvalue weighted by atomic mass is 15.0. The van der Waals surface area contributed by atoms with Gasteiger partial charge in [0, 0.05) is 44.2 Å². The number of benzene rings is 9. The zero-order chi connectivity index (χ0) is 50.8. The van der Waals surface area contributed by atoms with Crippen LogP contribution >= 0.6 is 0 Å². The number of aromatic nitrogens is 5. The van der Waals surface area contributed by atoms with Crippen molar-refractivity contribution in [3.63, 3.8) is 0 Å². The van der Waals surface area contributed by atoms with Gasteiger partial charge < -0.3 is 4.57 Å². The highest BCUT2D eigenvalue weighted by Gasteiger charge is 2.23. The van der Waals surface area contributed by atoms with Crippen molar-refractivity contribution in [2.45, 2.75) is 0 Å². The fourth-order valence-electron chi connectivity index (χ4n) is 9.75. The van der Waals surface area contributed by atoms with E-state index in [1.807, 2.05) is 158 Å². The zero-order valence-electron chi connectivity index (χ0n) is 39.9. The summed E-state index contributed by atoms with van der Waals surface area (Å²) in [6, 6.07) is 82.1. The maximum atomic E-state index is 10.4. The summed E-state index contributed by atoms with van der Waals surface area (Å²) in [5, 5.41) is 42.2. The summed E-state index contributed by atoms with van der Waals surface area (Å²) in [6.07, 6.45) is 0. The Morgan fingerprint density at radius 2 is 0.693 bits per heavy atom. The first kappa shape index (κ1) is 45.1. The number of fused-ring (bicyclic) bond motifs is 3. The van der Waals surface area contributed by atoms with Crippen LogP contribution in [0.5, 0.6) is 0 Å². The quantitative estimate of drug-likeness (QED) is 0.139. The minimum absolute atomic E-state index is 0.380. The minimum atomic E-state index is 0.380. The standard InChI is InChI=1S/C66H37N9/c67-38-42-21-26-53(51(31-42)40-69)48-23-28-55-56-29-24-49(54-27-22-43(39-68)32-52(54)41-70)35-64(56)75(63(55)34-48)62-30-25-50(60-36-58(44-13-5-1-6-14-44)71-65(73-60)46-17-9-3-10-18-46)33-57(62)61-37-59(45-15-7-2-8-16-45)72-66(74-61)47-19-11-4-12-20-47/h1-37H. The van der Waals surface area contributed by atoms with Gasteiger partial charge >= 0.3 is 0 Å². The summed E-state index contributed by atoms with van der Waals surface area (Å²) < 4.78 is 2.22. The second kappa shape index (κ2) is 19.2. The van der Waals surface area contributed by atoms with Crippen molar-refractivity contribution in [1.29, 1.82) is 21.0 Å². The molecule has 0 radical (unpaired) electrons. The van der Waals surface area contributed by atoms with Crippen LogP contribution in [0.25, 0.3) is 118 Å². The SMILES string of the molecule is N#Cc1ccc(-c2ccc3c4ccc(-c5ccc(C#N)cc5C#N)cc4n(-c4ccc(-c5cc(-c6ccccc6)nc(-c6ccccc6)n5)cc4-c4cc(-c5ccccc5)nc(-c5ccccc5)n4)c3c2)c(C#N)c1. The molecule has 0 saturated heterocycles. The monoisotopic (exact) mass is 955 g/mol. The Morgan fingerprint density at radius 3 is 1.13 bits per heavy atom. The molecule has 0 aliphatic rings. The molecule has 75 heavy (non-hydrogen) atoms. The molecule has 12 rings (SSSR count). The van der Waals surface area contributed by atoms with Gasteiger partial charge in [0.05, 0.1) is 86.0 Å². The Labute approximate surface area is 432 Å². The van der Waals surface area contributed by atoms with Gasteiger partial charge in [0.1, 0.15) is 0 Å². The van der Waals surface area contributed by atoms with E-state index in [-0.39, 0.29) is 0 Å². The Kier molecular flexibility index (Phi) is 11.6. The lowest BCUT2D eigenvalue weighted by atomic mass is 9.96. The number of nitriles is 4. The molecular weight excluding hydrogens is 919 g/mol. The van der Waals surface area contributed by atoms with E-state index in [0.717, 1.165) is 83.4 Å². The molecule has 346 valence electrons. The Morgan fingerprint density at radius 1 is 0.293 bits per heavy atom. The van der Waals surface area contributed by atoms with Gasteiger partial charge in [0.15, 0.2) is 11.6 Å². The van der Waals surface area contributed by atoms with E-state index in [1.165, 1.54) is 0 Å². The molecule has 9 heteroatoms. The van der Waals surface area contributed by atoms with Gasteiger partial charge in [0.25, 0.3) is 0 Å². The molecule has 0 bridgehead atoms. The van der Waals surface area contributed by atoms with Crippen LogP contribution in [0, 0.1) is 45.3 Å². The summed E-state index contributed by atoms with van der Waals surface area (Å²) in [6.45, 7) is 0. The average molecular weight is 956 g/mol. The van der Waals surface area contributed by atoms with Crippen molar-refractivity contribution >= 4 is 21.8 Å². The predicted molar refractivity (Wildman–Crippen MR) is 294 cm³/mol. The van der Waals surface area contributed by atoms with Gasteiger partial charge in [-0.15, -0.1) is 0 Å². The van der Waals surface area contributed by atoms with Crippen molar-refractivity contribution in [3.8, 4) is 120 Å². The van der Waals surface area contributed by atoms with Crippen LogP contribution in [0.3, 0.4) is 0 Å². The second-order valence-electron chi connectivity index (χ2n) is 17.9. The fourth-order valence-corrected chi connectivity index (χ4v) is 9.75. The minimum Gasteiger partial charge on any atom is -0.309 e. The van der Waals surface area contributed by atoms with Crippen molar-refractivity contribution in [2.24, 2.45) is 0 Å². The number of rotatable bonds is 9. The molecule has 0 unspecified atom stereocenters. The smallest absolute Gasteiger partial charge is 0.160 e. The summed E-state index contributed by atoms with van der Waals surface area (Å²) >= 11 is 0. The molecular formula is C66H37N9. The Balaban J connectivity index is 1.19. The van der Waals surface area contributed by atoms with Crippen LogP contribution in [0.4, 0.5) is 0 Å². The first-order valence-corrected chi connectivity index (χ1v) is 24.1. The summed E-state index contributed by atoms with van der Waals surface area (Å²) in [7, 11) is 0. The Bertz CT molecular complexity index is 4140. The van der Waals surface area contributed by atoms with Gasteiger partial charge in [-0.25, -0.2) is 19.9 Å². The first-order valence-electron chi connectivity index (χ1n) is 24.1. The molecule has 0 spiro atoms. The zero-order valence-corrected chi connectivity index (χ0v) is 39.9. The van der Waals surface area contributed by atoms with Crippen molar-refractivity contribution in [3.05, 3.63) is 247 Å². The Hall–Kier alpha value is -11.1. The highest BCUT2D eigenvalue weighted by molar-refractivity contribution is 6.12. The molecule has 0 aliphatic carbocycles. The third kappa shape index (κ3) is 8.48. The van der Waals surface area contributed by atoms with Crippen LogP contribution in [0.1, 0.15) is 22.3 Å². The summed E-state index contributed by atoms with van der Waals surface area (Å²) in [4.78, 5) is 21.0. The van der Waals surface area contributed by atoms with Crippen molar-refractivity contribution < 1.29 is 0 Å². The summed E-state index contributed by atoms with van der Waals surface area (Å²) in [5.41, 5.74) is 15.0. The normalized spacial score (nSPS) is 10.9. The van der Waals surface area contributed by atoms with E-state index in [0.29, 0.717) is 56.4 Å². The van der Waals surface area contributed by atoms with E-state index in [1.54, 1.807) is 24.3 Å². The van der Waals surface area contributed by atoms with Gasteiger partial charge in [0.2, 0.25) is 0 Å². The lowest BCUT2D eigenvalue weighted by Crippen LogP contribution is -2.02. The molecule has 0 amide bonds. The largest absolute Gasteiger partial charge is 0.309 e. The van der Waals surface area contributed by atoms with Crippen LogP contribution < -0.4 is 0 Å². The van der Waals surface area contributed by atoms with Crippen molar-refractivity contribution in [1.82, 2.24) is 24.5 Å². The molecule has 0 aliphatic heterocycles. The van der Waals surface area contributed by atoms with Gasteiger partial charge in [-0.05, 0) is 82.9 Å². The maximum absolute atomic E-state index is 10.4. The number of hydrogen-bond acceptors (Lipinski definition) is 8. The van der Waals surface area contributed by atoms with Gasteiger partial charge in [-0.3, -0.25) is 0 Å². The molecule has 9 nitrogen and oxygen atoms in total. The highest BCUT2D eigenvalue weighted by Crippen LogP contribution is 2.42. The molecule has 0 N–H and O–H groups in total. The average Bonchev–Trinajstić information content (AvgIpc) is 3.85. The molecule has 9 aromatic carbocycles. The van der Waals surface area contributed by atoms with Gasteiger partial charge in [-0.1, -0.05) is 164 Å². The van der Waals surface area contributed by atoms with Gasteiger partial charge in [-0.2, -0.15) is 21.0 Å². The lowest BCUT2D eigenvalue weighted by Gasteiger charge is -2.18. The molecule has 0 saturated carbocycles. The molecule has 0 fully saturated rings. The molecule has 3 heterocycles. The fraction of sp³-hybridized carbons (Fsp3) is 0. The number of nitrogens with zero attached hydrogens (tertiary/aromatic N) is 9. The second-order valence-corrected chi connectivity index (χ2v) is 17.9. The predicted octanol–water partition coefficient (Wildman–Crippen LogP) is 15.2. The topological polar surface area (TPSA) is 152 Å². The van der Waals surface area contributed by atoms with Crippen molar-refractivity contribution in [2.75, 3.05) is 0 Å². The third-order valence-electron chi connectivity index (χ3n) is 13.4. The van der Waals surface area contributed by atoms with Crippen LogP contribution in [-0.4, -0.2) is 24.5 Å². The van der Waals surface area contributed by atoms with Crippen LogP contribution in [-0.2, 0) is 0 Å². The summed E-state index contributed by atoms with van der Waals surface area (Å²) in [5.74, 6) is 1.13. The van der Waals surface area contributed by atoms with E-state index in [9.17, 15) is 21.0 Å². The third-order valence-corrected chi connectivity index (χ3v) is 13.4. The first-order chi connectivity index (χ1) is 37.0. The molecule has 3 aromatic heterocycles. The lowest BCUT2D eigenvalue weighted by molar-refractivity contribution is 1.15. The number of hydrogen-bond donors (Lipinski definition) is 0. The van der Waals surface area contributed by atoms with E-state index in [2.05, 4.69) is 71.3 Å². The van der Waals surface area contributed by atoms with Crippen LogP contribution in [0.15, 0.2) is 224 Å². The van der Waals surface area contributed by atoms with Crippen LogP contribution in [0.2, 0.25) is 0 Å². The van der Waals surface area contributed by atoms with E-state index >= 15 is 0 Å². The molecule has 12 aromatic rings. The maximum Gasteiger partial charge on any atom is 0.160 e. The van der Waals surface area contributed by atoms with E-state index in [4.69, 9.17) is 19.9 Å². The molecule has 0 atom stereocenters.